The summed E-state index contributed by atoms with van der Waals surface area (Å²) < 4.78 is 30.9. The summed E-state index contributed by atoms with van der Waals surface area (Å²) in [6.07, 6.45) is 0. The molecule has 0 aliphatic carbocycles. The molecule has 1 rings (SSSR count). The molecular formula is C12H18ClNO4S. The highest BCUT2D eigenvalue weighted by molar-refractivity contribution is 7.89. The summed E-state index contributed by atoms with van der Waals surface area (Å²) >= 11 is 5.90. The number of aliphatic hydroxyl groups is 1. The molecule has 1 aromatic rings. The zero-order valence-electron chi connectivity index (χ0n) is 11.2. The van der Waals surface area contributed by atoms with Crippen LogP contribution in [0.4, 0.5) is 0 Å². The largest absolute Gasteiger partial charge is 0.392 e. The summed E-state index contributed by atoms with van der Waals surface area (Å²) in [6.45, 7) is 1.96. The summed E-state index contributed by atoms with van der Waals surface area (Å²) in [6, 6.07) is 2.96. The average Bonchev–Trinajstić information content (AvgIpc) is 2.37. The average molecular weight is 308 g/mol. The fraction of sp³-hybridized carbons (Fsp3) is 0.500. The summed E-state index contributed by atoms with van der Waals surface area (Å²) in [5.74, 6) is 0. The van der Waals surface area contributed by atoms with Gasteiger partial charge in [-0.2, -0.15) is 4.31 Å². The van der Waals surface area contributed by atoms with E-state index >= 15 is 0 Å². The van der Waals surface area contributed by atoms with E-state index in [0.29, 0.717) is 17.7 Å². The maximum absolute atomic E-state index is 12.4. The Morgan fingerprint density at radius 1 is 1.42 bits per heavy atom. The molecular weight excluding hydrogens is 290 g/mol. The van der Waals surface area contributed by atoms with Crippen LogP contribution in [0.25, 0.3) is 0 Å². The van der Waals surface area contributed by atoms with Crippen LogP contribution in [-0.4, -0.2) is 45.1 Å². The molecule has 108 valence electrons. The molecule has 5 nitrogen and oxygen atoms in total. The number of hydrogen-bond acceptors (Lipinski definition) is 4. The molecule has 0 amide bonds. The predicted molar refractivity (Wildman–Crippen MR) is 73.8 cm³/mol. The Bertz CT molecular complexity index is 545. The normalized spacial score (nSPS) is 12.1. The molecule has 0 aromatic heterocycles. The van der Waals surface area contributed by atoms with Gasteiger partial charge in [-0.15, -0.1) is 0 Å². The number of aliphatic hydroxyl groups excluding tert-OH is 1. The van der Waals surface area contributed by atoms with Crippen LogP contribution in [0.5, 0.6) is 0 Å². The van der Waals surface area contributed by atoms with E-state index in [2.05, 4.69) is 0 Å². The molecule has 0 atom stereocenters. The fourth-order valence-corrected chi connectivity index (χ4v) is 3.40. The lowest BCUT2D eigenvalue weighted by atomic mass is 10.1. The van der Waals surface area contributed by atoms with Gasteiger partial charge < -0.3 is 9.84 Å². The maximum atomic E-state index is 12.4. The second kappa shape index (κ2) is 6.67. The smallest absolute Gasteiger partial charge is 0.243 e. The summed E-state index contributed by atoms with van der Waals surface area (Å²) in [5.41, 5.74) is 1.02. The van der Waals surface area contributed by atoms with Crippen LogP contribution < -0.4 is 0 Å². The minimum Gasteiger partial charge on any atom is -0.392 e. The minimum absolute atomic E-state index is 0.114. The lowest BCUT2D eigenvalue weighted by Gasteiger charge is -2.19. The van der Waals surface area contributed by atoms with Crippen LogP contribution in [0.1, 0.15) is 11.1 Å². The van der Waals surface area contributed by atoms with E-state index in [-0.39, 0.29) is 23.1 Å². The third kappa shape index (κ3) is 3.67. The van der Waals surface area contributed by atoms with E-state index in [1.54, 1.807) is 13.0 Å². The van der Waals surface area contributed by atoms with E-state index in [9.17, 15) is 13.5 Å². The van der Waals surface area contributed by atoms with Crippen molar-refractivity contribution in [1.29, 1.82) is 0 Å². The minimum atomic E-state index is -3.64. The van der Waals surface area contributed by atoms with Crippen molar-refractivity contribution >= 4 is 21.6 Å². The highest BCUT2D eigenvalue weighted by atomic mass is 35.5. The van der Waals surface area contributed by atoms with Gasteiger partial charge in [0, 0.05) is 25.7 Å². The van der Waals surface area contributed by atoms with Gasteiger partial charge in [0.2, 0.25) is 10.0 Å². The monoisotopic (exact) mass is 307 g/mol. The van der Waals surface area contributed by atoms with Crippen LogP contribution >= 0.6 is 11.6 Å². The van der Waals surface area contributed by atoms with Crippen molar-refractivity contribution in [3.63, 3.8) is 0 Å². The second-order valence-electron chi connectivity index (χ2n) is 4.17. The van der Waals surface area contributed by atoms with Gasteiger partial charge in [-0.05, 0) is 30.2 Å². The molecule has 0 saturated heterocycles. The lowest BCUT2D eigenvalue weighted by Crippen LogP contribution is -2.30. The molecule has 0 heterocycles. The molecule has 7 heteroatoms. The molecule has 0 saturated carbocycles. The molecule has 0 fully saturated rings. The first-order valence-electron chi connectivity index (χ1n) is 5.69. The molecule has 1 N–H and O–H groups in total. The standard InChI is InChI=1S/C12H18ClNO4S/c1-9-10(8-15)6-11(13)7-12(9)19(16,17)14(2)4-5-18-3/h6-7,15H,4-5,8H2,1-3H3. The molecule has 0 spiro atoms. The van der Waals surface area contributed by atoms with Gasteiger partial charge in [-0.3, -0.25) is 0 Å². The van der Waals surface area contributed by atoms with E-state index in [0.717, 1.165) is 0 Å². The summed E-state index contributed by atoms with van der Waals surface area (Å²) in [4.78, 5) is 0.114. The molecule has 0 bridgehead atoms. The number of halogens is 1. The molecule has 0 radical (unpaired) electrons. The van der Waals surface area contributed by atoms with E-state index in [1.807, 2.05) is 0 Å². The maximum Gasteiger partial charge on any atom is 0.243 e. The number of likely N-dealkylation sites (N-methyl/N-ethyl adjacent to an activating group) is 1. The van der Waals surface area contributed by atoms with E-state index < -0.39 is 10.0 Å². The van der Waals surface area contributed by atoms with Crippen molar-refractivity contribution in [2.75, 3.05) is 27.3 Å². The first kappa shape index (κ1) is 16.4. The predicted octanol–water partition coefficient (Wildman–Crippen LogP) is 1.41. The van der Waals surface area contributed by atoms with Crippen molar-refractivity contribution < 1.29 is 18.3 Å². The fourth-order valence-electron chi connectivity index (χ4n) is 1.65. The number of benzene rings is 1. The van der Waals surface area contributed by atoms with Crippen molar-refractivity contribution in [3.8, 4) is 0 Å². The molecule has 0 aliphatic heterocycles. The van der Waals surface area contributed by atoms with Gasteiger partial charge in [-0.1, -0.05) is 11.6 Å². The first-order chi connectivity index (χ1) is 8.84. The van der Waals surface area contributed by atoms with Gasteiger partial charge in [0.15, 0.2) is 0 Å². The highest BCUT2D eigenvalue weighted by Crippen LogP contribution is 2.26. The Hall–Kier alpha value is -0.660. The number of rotatable bonds is 6. The topological polar surface area (TPSA) is 66.8 Å². The Morgan fingerprint density at radius 2 is 2.05 bits per heavy atom. The van der Waals surface area contributed by atoms with Crippen LogP contribution in [-0.2, 0) is 21.4 Å². The number of hydrogen-bond donors (Lipinski definition) is 1. The van der Waals surface area contributed by atoms with Gasteiger partial charge in [-0.25, -0.2) is 8.42 Å². The van der Waals surface area contributed by atoms with Gasteiger partial charge in [0.25, 0.3) is 0 Å². The quantitative estimate of drug-likeness (QED) is 0.863. The third-order valence-corrected chi connectivity index (χ3v) is 5.10. The van der Waals surface area contributed by atoms with Crippen LogP contribution in [0, 0.1) is 6.92 Å². The third-order valence-electron chi connectivity index (χ3n) is 2.90. The number of sulfonamides is 1. The Labute approximate surface area is 118 Å². The Balaban J connectivity index is 3.25. The van der Waals surface area contributed by atoms with Gasteiger partial charge in [0.1, 0.15) is 0 Å². The van der Waals surface area contributed by atoms with Gasteiger partial charge in [0.05, 0.1) is 18.1 Å². The summed E-state index contributed by atoms with van der Waals surface area (Å²) in [5, 5.41) is 9.51. The highest BCUT2D eigenvalue weighted by Gasteiger charge is 2.24. The van der Waals surface area contributed by atoms with Crippen LogP contribution in [0.3, 0.4) is 0 Å². The van der Waals surface area contributed by atoms with E-state index in [1.165, 1.54) is 24.5 Å². The van der Waals surface area contributed by atoms with Crippen LogP contribution in [0.15, 0.2) is 17.0 Å². The zero-order chi connectivity index (χ0) is 14.6. The number of nitrogens with zero attached hydrogens (tertiary/aromatic N) is 1. The zero-order valence-corrected chi connectivity index (χ0v) is 12.8. The van der Waals surface area contributed by atoms with Gasteiger partial charge >= 0.3 is 0 Å². The second-order valence-corrected chi connectivity index (χ2v) is 6.62. The molecule has 1 aromatic carbocycles. The number of ether oxygens (including phenoxy) is 1. The molecule has 19 heavy (non-hydrogen) atoms. The van der Waals surface area contributed by atoms with Crippen molar-refractivity contribution in [2.24, 2.45) is 0 Å². The van der Waals surface area contributed by atoms with Crippen molar-refractivity contribution in [1.82, 2.24) is 4.31 Å². The first-order valence-corrected chi connectivity index (χ1v) is 7.51. The Morgan fingerprint density at radius 3 is 2.58 bits per heavy atom. The SMILES string of the molecule is COCCN(C)S(=O)(=O)c1cc(Cl)cc(CO)c1C. The Kier molecular flexibility index (Phi) is 5.76. The molecule has 0 aliphatic rings. The summed E-state index contributed by atoms with van der Waals surface area (Å²) in [7, 11) is -0.651. The number of methoxy groups -OCH3 is 1. The van der Waals surface area contributed by atoms with Crippen LogP contribution in [0.2, 0.25) is 5.02 Å². The van der Waals surface area contributed by atoms with E-state index in [4.69, 9.17) is 16.3 Å². The van der Waals surface area contributed by atoms with Crippen molar-refractivity contribution in [3.05, 3.63) is 28.3 Å². The molecule has 0 unspecified atom stereocenters. The van der Waals surface area contributed by atoms with Crippen molar-refractivity contribution in [2.45, 2.75) is 18.4 Å². The lowest BCUT2D eigenvalue weighted by molar-refractivity contribution is 0.185.